The van der Waals surface area contributed by atoms with Gasteiger partial charge in [0.15, 0.2) is 0 Å². The van der Waals surface area contributed by atoms with E-state index in [4.69, 9.17) is 14.6 Å². The van der Waals surface area contributed by atoms with Crippen molar-refractivity contribution in [1.29, 1.82) is 0 Å². The normalized spacial score (nSPS) is 14.6. The molecule has 6 heteroatoms. The van der Waals surface area contributed by atoms with Gasteiger partial charge in [-0.1, -0.05) is 0 Å². The average molecular weight is 234 g/mol. The van der Waals surface area contributed by atoms with Crippen molar-refractivity contribution in [3.63, 3.8) is 0 Å². The van der Waals surface area contributed by atoms with Gasteiger partial charge in [0.2, 0.25) is 0 Å². The third-order valence-electron chi connectivity index (χ3n) is 1.59. The lowest BCUT2D eigenvalue weighted by molar-refractivity contribution is -0.147. The molecule has 0 aromatic rings. The van der Waals surface area contributed by atoms with Gasteiger partial charge in [-0.3, -0.25) is 9.59 Å². The number of ether oxygens (including phenoxy) is 3. The predicted molar refractivity (Wildman–Crippen MR) is 55.1 cm³/mol. The standard InChI is InChI=1S/C6H10O4.C4H8O2/c1-2-10-6(9)4-3-5(7)8;1-2-6-4-3-5-1/h2-4H2,1H3,(H,7,8);1-4H2. The number of hydrogen-bond acceptors (Lipinski definition) is 5. The monoisotopic (exact) mass is 234 g/mol. The van der Waals surface area contributed by atoms with Gasteiger partial charge in [-0.15, -0.1) is 0 Å². The molecule has 0 aromatic heterocycles. The molecule has 16 heavy (non-hydrogen) atoms. The van der Waals surface area contributed by atoms with Crippen molar-refractivity contribution in [2.75, 3.05) is 33.0 Å². The molecule has 1 rings (SSSR count). The summed E-state index contributed by atoms with van der Waals surface area (Å²) in [6.45, 7) is 5.09. The lowest BCUT2D eigenvalue weighted by Gasteiger charge is -2.09. The van der Waals surface area contributed by atoms with E-state index in [1.165, 1.54) is 0 Å². The Hall–Kier alpha value is -1.14. The lowest BCUT2D eigenvalue weighted by atomic mass is 10.3. The maximum atomic E-state index is 10.5. The molecular weight excluding hydrogens is 216 g/mol. The summed E-state index contributed by atoms with van der Waals surface area (Å²) in [5.41, 5.74) is 0. The molecular formula is C10H18O6. The van der Waals surface area contributed by atoms with Gasteiger partial charge < -0.3 is 19.3 Å². The summed E-state index contributed by atoms with van der Waals surface area (Å²) in [5.74, 6) is -1.43. The molecule has 6 nitrogen and oxygen atoms in total. The molecule has 0 aliphatic carbocycles. The van der Waals surface area contributed by atoms with Crippen LogP contribution in [0.25, 0.3) is 0 Å². The van der Waals surface area contributed by atoms with Crippen LogP contribution in [0.3, 0.4) is 0 Å². The van der Waals surface area contributed by atoms with Gasteiger partial charge in [0.1, 0.15) is 0 Å². The van der Waals surface area contributed by atoms with Crippen LogP contribution in [0, 0.1) is 0 Å². The maximum Gasteiger partial charge on any atom is 0.306 e. The molecule has 0 bridgehead atoms. The summed E-state index contributed by atoms with van der Waals surface area (Å²) < 4.78 is 14.4. The molecule has 0 aromatic carbocycles. The molecule has 0 saturated carbocycles. The van der Waals surface area contributed by atoms with Gasteiger partial charge in [-0.05, 0) is 6.92 Å². The first-order valence-electron chi connectivity index (χ1n) is 5.19. The molecule has 1 heterocycles. The van der Waals surface area contributed by atoms with Crippen molar-refractivity contribution in [1.82, 2.24) is 0 Å². The Morgan fingerprint density at radius 3 is 1.94 bits per heavy atom. The Morgan fingerprint density at radius 2 is 1.62 bits per heavy atom. The van der Waals surface area contributed by atoms with E-state index in [1.807, 2.05) is 0 Å². The van der Waals surface area contributed by atoms with Crippen LogP contribution in [0.2, 0.25) is 0 Å². The summed E-state index contributed by atoms with van der Waals surface area (Å²) in [7, 11) is 0. The van der Waals surface area contributed by atoms with Gasteiger partial charge in [0, 0.05) is 0 Å². The molecule has 0 radical (unpaired) electrons. The number of rotatable bonds is 4. The number of carboxylic acid groups (broad SMARTS) is 1. The first-order chi connectivity index (χ1) is 7.66. The molecule has 1 fully saturated rings. The van der Waals surface area contributed by atoms with E-state index in [2.05, 4.69) is 4.74 Å². The van der Waals surface area contributed by atoms with Crippen molar-refractivity contribution < 1.29 is 28.9 Å². The lowest BCUT2D eigenvalue weighted by Crippen LogP contribution is -2.16. The zero-order valence-electron chi connectivity index (χ0n) is 9.44. The van der Waals surface area contributed by atoms with Gasteiger partial charge in [-0.2, -0.15) is 0 Å². The molecule has 0 atom stereocenters. The smallest absolute Gasteiger partial charge is 0.306 e. The van der Waals surface area contributed by atoms with Crippen LogP contribution in [-0.4, -0.2) is 50.1 Å². The molecule has 1 aliphatic heterocycles. The van der Waals surface area contributed by atoms with E-state index >= 15 is 0 Å². The van der Waals surface area contributed by atoms with E-state index in [9.17, 15) is 9.59 Å². The minimum Gasteiger partial charge on any atom is -0.481 e. The highest BCUT2D eigenvalue weighted by Crippen LogP contribution is 1.91. The van der Waals surface area contributed by atoms with E-state index in [0.29, 0.717) is 6.61 Å². The van der Waals surface area contributed by atoms with Gasteiger partial charge in [0.25, 0.3) is 0 Å². The molecule has 0 spiro atoms. The topological polar surface area (TPSA) is 82.1 Å². The van der Waals surface area contributed by atoms with E-state index < -0.39 is 11.9 Å². The van der Waals surface area contributed by atoms with Crippen molar-refractivity contribution in [2.24, 2.45) is 0 Å². The number of hydrogen-bond donors (Lipinski definition) is 1. The van der Waals surface area contributed by atoms with E-state index in [-0.39, 0.29) is 12.8 Å². The van der Waals surface area contributed by atoms with Crippen molar-refractivity contribution in [3.05, 3.63) is 0 Å². The Labute approximate surface area is 94.5 Å². The Balaban J connectivity index is 0.000000315. The Bertz CT molecular complexity index is 188. The molecule has 1 N–H and O–H groups in total. The number of aliphatic carboxylic acids is 1. The minimum absolute atomic E-state index is 0.0385. The molecule has 1 saturated heterocycles. The van der Waals surface area contributed by atoms with Crippen molar-refractivity contribution >= 4 is 11.9 Å². The van der Waals surface area contributed by atoms with Crippen LogP contribution in [0.4, 0.5) is 0 Å². The van der Waals surface area contributed by atoms with Crippen molar-refractivity contribution in [2.45, 2.75) is 19.8 Å². The van der Waals surface area contributed by atoms with Gasteiger partial charge in [-0.25, -0.2) is 0 Å². The number of esters is 1. The van der Waals surface area contributed by atoms with E-state index in [0.717, 1.165) is 26.4 Å². The van der Waals surface area contributed by atoms with Crippen molar-refractivity contribution in [3.8, 4) is 0 Å². The fourth-order valence-corrected chi connectivity index (χ4v) is 0.882. The summed E-state index contributed by atoms with van der Waals surface area (Å²) >= 11 is 0. The predicted octanol–water partition coefficient (Wildman–Crippen LogP) is 0.447. The summed E-state index contributed by atoms with van der Waals surface area (Å²) in [4.78, 5) is 20.4. The Kier molecular flexibility index (Phi) is 9.64. The second-order valence-electron chi connectivity index (χ2n) is 2.92. The van der Waals surface area contributed by atoms with Gasteiger partial charge >= 0.3 is 11.9 Å². The van der Waals surface area contributed by atoms with Crippen LogP contribution in [0.15, 0.2) is 0 Å². The molecule has 0 amide bonds. The third kappa shape index (κ3) is 10.9. The molecule has 94 valence electrons. The molecule has 1 aliphatic rings. The van der Waals surface area contributed by atoms with Crippen LogP contribution in [0.1, 0.15) is 19.8 Å². The highest BCUT2D eigenvalue weighted by molar-refractivity contribution is 5.76. The number of carboxylic acids is 1. The molecule has 0 unspecified atom stereocenters. The first kappa shape index (κ1) is 14.9. The quantitative estimate of drug-likeness (QED) is 0.711. The van der Waals surface area contributed by atoms with Crippen LogP contribution in [0.5, 0.6) is 0 Å². The summed E-state index contributed by atoms with van der Waals surface area (Å²) in [6.07, 6.45) is -0.192. The number of carbonyl (C=O) groups excluding carboxylic acids is 1. The fourth-order valence-electron chi connectivity index (χ4n) is 0.882. The second-order valence-corrected chi connectivity index (χ2v) is 2.92. The highest BCUT2D eigenvalue weighted by Gasteiger charge is 2.04. The fraction of sp³-hybridized carbons (Fsp3) is 0.800. The SMILES string of the molecule is C1COCCO1.CCOC(=O)CCC(=O)O. The highest BCUT2D eigenvalue weighted by atomic mass is 16.6. The third-order valence-corrected chi connectivity index (χ3v) is 1.59. The van der Waals surface area contributed by atoms with Crippen LogP contribution >= 0.6 is 0 Å². The minimum atomic E-state index is -0.979. The number of carbonyl (C=O) groups is 2. The summed E-state index contributed by atoms with van der Waals surface area (Å²) in [6, 6.07) is 0. The maximum absolute atomic E-state index is 10.5. The van der Waals surface area contributed by atoms with Crippen LogP contribution < -0.4 is 0 Å². The summed E-state index contributed by atoms with van der Waals surface area (Å²) in [5, 5.41) is 8.12. The average Bonchev–Trinajstić information content (AvgIpc) is 2.30. The van der Waals surface area contributed by atoms with Crippen LogP contribution in [-0.2, 0) is 23.8 Å². The first-order valence-corrected chi connectivity index (χ1v) is 5.19. The van der Waals surface area contributed by atoms with E-state index in [1.54, 1.807) is 6.92 Å². The Morgan fingerprint density at radius 1 is 1.12 bits per heavy atom. The zero-order chi connectivity index (χ0) is 12.2. The second kappa shape index (κ2) is 10.4. The largest absolute Gasteiger partial charge is 0.481 e. The van der Waals surface area contributed by atoms with Gasteiger partial charge in [0.05, 0.1) is 45.9 Å². The zero-order valence-corrected chi connectivity index (χ0v) is 9.44.